The summed E-state index contributed by atoms with van der Waals surface area (Å²) in [6.45, 7) is 0.224. The molecule has 0 aliphatic carbocycles. The van der Waals surface area contributed by atoms with Gasteiger partial charge in [0.2, 0.25) is 5.91 Å². The Bertz CT molecular complexity index is 802. The maximum Gasteiger partial charge on any atom is 0.573 e. The van der Waals surface area contributed by atoms with E-state index in [0.717, 1.165) is 5.56 Å². The number of hydrogen-bond acceptors (Lipinski definition) is 4. The summed E-state index contributed by atoms with van der Waals surface area (Å²) < 4.78 is 50.5. The molecule has 0 radical (unpaired) electrons. The molecule has 0 aliphatic heterocycles. The van der Waals surface area contributed by atoms with E-state index < -0.39 is 6.36 Å². The average Bonchev–Trinajstić information content (AvgIpc) is 2.64. The van der Waals surface area contributed by atoms with Gasteiger partial charge in [-0.3, -0.25) is 4.79 Å². The molecule has 5 nitrogen and oxygen atoms in total. The molecule has 27 heavy (non-hydrogen) atoms. The lowest BCUT2D eigenvalue weighted by Crippen LogP contribution is -2.20. The normalized spacial score (nSPS) is 11.3. The van der Waals surface area contributed by atoms with E-state index in [1.807, 2.05) is 0 Å². The summed E-state index contributed by atoms with van der Waals surface area (Å²) in [5.41, 5.74) is 1.30. The second-order valence-electron chi connectivity index (χ2n) is 5.35. The minimum absolute atomic E-state index is 0.224. The first-order chi connectivity index (χ1) is 12.8. The topological polar surface area (TPSA) is 56.8 Å². The van der Waals surface area contributed by atoms with Crippen LogP contribution in [0.15, 0.2) is 48.5 Å². The van der Waals surface area contributed by atoms with E-state index in [0.29, 0.717) is 17.1 Å². The quantitative estimate of drug-likeness (QED) is 0.739. The van der Waals surface area contributed by atoms with Crippen molar-refractivity contribution >= 4 is 12.0 Å². The zero-order valence-electron chi connectivity index (χ0n) is 14.7. The Kier molecular flexibility index (Phi) is 6.70. The Morgan fingerprint density at radius 1 is 1.04 bits per heavy atom. The van der Waals surface area contributed by atoms with Crippen molar-refractivity contribution in [1.29, 1.82) is 0 Å². The summed E-state index contributed by atoms with van der Waals surface area (Å²) in [5.74, 6) is 0.557. The molecule has 0 spiro atoms. The molecule has 0 fully saturated rings. The van der Waals surface area contributed by atoms with Crippen molar-refractivity contribution < 1.29 is 32.2 Å². The number of carbonyl (C=O) groups excluding carboxylic acids is 1. The summed E-state index contributed by atoms with van der Waals surface area (Å²) in [7, 11) is 3.07. The number of alkyl halides is 3. The molecule has 1 N–H and O–H groups in total. The number of nitrogens with one attached hydrogen (secondary N) is 1. The number of methoxy groups -OCH3 is 2. The number of carbonyl (C=O) groups is 1. The lowest BCUT2D eigenvalue weighted by molar-refractivity contribution is -0.274. The molecule has 8 heteroatoms. The van der Waals surface area contributed by atoms with Crippen molar-refractivity contribution in [1.82, 2.24) is 5.32 Å². The Morgan fingerprint density at radius 3 is 2.30 bits per heavy atom. The number of halogens is 3. The molecule has 1 amide bonds. The van der Waals surface area contributed by atoms with Crippen LogP contribution >= 0.6 is 0 Å². The minimum atomic E-state index is -4.74. The first kappa shape index (κ1) is 20.2. The fraction of sp³-hybridized carbons (Fsp3) is 0.211. The standard InChI is InChI=1S/C19H18F3NO4/c1-25-16-8-9-17(26-2)14(11-16)12-23-18(24)10-5-13-3-6-15(7-4-13)27-19(20,21)22/h3-11H,12H2,1-2H3,(H,23,24). The molecule has 2 aromatic rings. The Labute approximate surface area is 154 Å². The molecule has 0 aliphatic rings. The lowest BCUT2D eigenvalue weighted by atomic mass is 10.2. The Hall–Kier alpha value is -3.16. The van der Waals surface area contributed by atoms with Crippen LogP contribution in [0.1, 0.15) is 11.1 Å². The largest absolute Gasteiger partial charge is 0.573 e. The summed E-state index contributed by atoms with van der Waals surface area (Å²) >= 11 is 0. The van der Waals surface area contributed by atoms with E-state index in [-0.39, 0.29) is 18.2 Å². The summed E-state index contributed by atoms with van der Waals surface area (Å²) in [4.78, 5) is 12.0. The molecular formula is C19H18F3NO4. The number of rotatable bonds is 7. The van der Waals surface area contributed by atoms with Crippen molar-refractivity contribution in [3.8, 4) is 17.2 Å². The molecule has 2 aromatic carbocycles. The van der Waals surface area contributed by atoms with Crippen molar-refractivity contribution in [2.45, 2.75) is 12.9 Å². The maximum absolute atomic E-state index is 12.1. The Morgan fingerprint density at radius 2 is 1.70 bits per heavy atom. The molecule has 0 saturated heterocycles. The number of benzene rings is 2. The van der Waals surface area contributed by atoms with Gasteiger partial charge < -0.3 is 19.5 Å². The van der Waals surface area contributed by atoms with Crippen molar-refractivity contribution in [3.05, 3.63) is 59.7 Å². The predicted molar refractivity (Wildman–Crippen MR) is 93.6 cm³/mol. The minimum Gasteiger partial charge on any atom is -0.497 e. The van der Waals surface area contributed by atoms with Gasteiger partial charge in [0.1, 0.15) is 17.2 Å². The van der Waals surface area contributed by atoms with E-state index in [1.54, 1.807) is 18.2 Å². The van der Waals surface area contributed by atoms with Crippen LogP contribution in [0.3, 0.4) is 0 Å². The number of amides is 1. The third kappa shape index (κ3) is 6.58. The van der Waals surface area contributed by atoms with Gasteiger partial charge in [0.05, 0.1) is 14.2 Å². The zero-order valence-corrected chi connectivity index (χ0v) is 14.7. The van der Waals surface area contributed by atoms with Gasteiger partial charge in [0.15, 0.2) is 0 Å². The molecule has 0 heterocycles. The van der Waals surface area contributed by atoms with Crippen LogP contribution in [0.4, 0.5) is 13.2 Å². The molecular weight excluding hydrogens is 363 g/mol. The van der Waals surface area contributed by atoms with Crippen LogP contribution in [0, 0.1) is 0 Å². The monoisotopic (exact) mass is 381 g/mol. The van der Waals surface area contributed by atoms with Crippen LogP contribution in [0.25, 0.3) is 6.08 Å². The van der Waals surface area contributed by atoms with E-state index in [2.05, 4.69) is 10.1 Å². The second-order valence-corrected chi connectivity index (χ2v) is 5.35. The molecule has 0 saturated carbocycles. The predicted octanol–water partition coefficient (Wildman–Crippen LogP) is 3.93. The van der Waals surface area contributed by atoms with Crippen molar-refractivity contribution in [3.63, 3.8) is 0 Å². The van der Waals surface area contributed by atoms with Crippen LogP contribution < -0.4 is 19.5 Å². The highest BCUT2D eigenvalue weighted by atomic mass is 19.4. The molecule has 0 atom stereocenters. The SMILES string of the molecule is COc1ccc(OC)c(CNC(=O)C=Cc2ccc(OC(F)(F)F)cc2)c1. The summed E-state index contributed by atoms with van der Waals surface area (Å²) in [6, 6.07) is 10.4. The highest BCUT2D eigenvalue weighted by molar-refractivity contribution is 5.91. The van der Waals surface area contributed by atoms with Crippen LogP contribution in [-0.4, -0.2) is 26.5 Å². The fourth-order valence-electron chi connectivity index (χ4n) is 2.21. The lowest BCUT2D eigenvalue weighted by Gasteiger charge is -2.10. The number of hydrogen-bond donors (Lipinski definition) is 1. The van der Waals surface area contributed by atoms with Gasteiger partial charge in [0.25, 0.3) is 0 Å². The summed E-state index contributed by atoms with van der Waals surface area (Å²) in [6.07, 6.45) is -1.97. The van der Waals surface area contributed by atoms with Gasteiger partial charge in [-0.1, -0.05) is 12.1 Å². The highest BCUT2D eigenvalue weighted by Crippen LogP contribution is 2.24. The first-order valence-electron chi connectivity index (χ1n) is 7.83. The first-order valence-corrected chi connectivity index (χ1v) is 7.83. The Balaban J connectivity index is 1.94. The van der Waals surface area contributed by atoms with Crippen LogP contribution in [0.5, 0.6) is 17.2 Å². The average molecular weight is 381 g/mol. The van der Waals surface area contributed by atoms with E-state index in [9.17, 15) is 18.0 Å². The van der Waals surface area contributed by atoms with Gasteiger partial charge in [-0.05, 0) is 42.0 Å². The molecule has 0 unspecified atom stereocenters. The van der Waals surface area contributed by atoms with E-state index >= 15 is 0 Å². The molecule has 2 rings (SSSR count). The van der Waals surface area contributed by atoms with Gasteiger partial charge in [-0.2, -0.15) is 0 Å². The van der Waals surface area contributed by atoms with Gasteiger partial charge in [0, 0.05) is 18.2 Å². The van der Waals surface area contributed by atoms with E-state index in [4.69, 9.17) is 9.47 Å². The van der Waals surface area contributed by atoms with Gasteiger partial charge in [-0.15, -0.1) is 13.2 Å². The van der Waals surface area contributed by atoms with E-state index in [1.165, 1.54) is 50.6 Å². The molecule has 144 valence electrons. The fourth-order valence-corrected chi connectivity index (χ4v) is 2.21. The van der Waals surface area contributed by atoms with Crippen LogP contribution in [0.2, 0.25) is 0 Å². The van der Waals surface area contributed by atoms with Crippen molar-refractivity contribution in [2.24, 2.45) is 0 Å². The zero-order chi connectivity index (χ0) is 19.9. The molecule has 0 aromatic heterocycles. The third-order valence-electron chi connectivity index (χ3n) is 3.48. The van der Waals surface area contributed by atoms with Gasteiger partial charge >= 0.3 is 6.36 Å². The van der Waals surface area contributed by atoms with Crippen molar-refractivity contribution in [2.75, 3.05) is 14.2 Å². The summed E-state index contributed by atoms with van der Waals surface area (Å²) in [5, 5.41) is 2.70. The van der Waals surface area contributed by atoms with Gasteiger partial charge in [-0.25, -0.2) is 0 Å². The van der Waals surface area contributed by atoms with Crippen LogP contribution in [-0.2, 0) is 11.3 Å². The second kappa shape index (κ2) is 8.98. The highest BCUT2D eigenvalue weighted by Gasteiger charge is 2.30. The third-order valence-corrected chi connectivity index (χ3v) is 3.48. The number of ether oxygens (including phenoxy) is 3. The smallest absolute Gasteiger partial charge is 0.497 e. The molecule has 0 bridgehead atoms. The maximum atomic E-state index is 12.1.